The minimum absolute atomic E-state index is 0.0349. The van der Waals surface area contributed by atoms with Crippen LogP contribution in [0.3, 0.4) is 0 Å². The fourth-order valence-electron chi connectivity index (χ4n) is 3.31. The number of carbonyl (C=O) groups excluding carboxylic acids is 2. The molecular weight excluding hydrogens is 342 g/mol. The number of ether oxygens (including phenoxy) is 1. The number of rotatable bonds is 6. The molecule has 0 radical (unpaired) electrons. The van der Waals surface area contributed by atoms with Crippen molar-refractivity contribution < 1.29 is 14.3 Å². The van der Waals surface area contributed by atoms with E-state index in [1.54, 1.807) is 31.4 Å². The Hall–Kier alpha value is -2.70. The van der Waals surface area contributed by atoms with Gasteiger partial charge in [0.25, 0.3) is 5.91 Å². The number of methoxy groups -OCH3 is 1. The molecule has 0 unspecified atom stereocenters. The highest BCUT2D eigenvalue weighted by molar-refractivity contribution is 6.04. The van der Waals surface area contributed by atoms with E-state index < -0.39 is 5.41 Å². The lowest BCUT2D eigenvalue weighted by molar-refractivity contribution is -0.130. The van der Waals surface area contributed by atoms with Crippen LogP contribution >= 0.6 is 0 Å². The first-order chi connectivity index (χ1) is 13.1. The lowest BCUT2D eigenvalue weighted by Gasteiger charge is -2.35. The summed E-state index contributed by atoms with van der Waals surface area (Å²) in [5.41, 5.74) is 1.44. The van der Waals surface area contributed by atoms with Crippen molar-refractivity contribution in [2.24, 2.45) is 5.41 Å². The van der Waals surface area contributed by atoms with Crippen molar-refractivity contribution in [2.75, 3.05) is 37.4 Å². The Morgan fingerprint density at radius 1 is 0.963 bits per heavy atom. The second kappa shape index (κ2) is 8.79. The number of anilines is 2. The zero-order valence-electron chi connectivity index (χ0n) is 15.5. The van der Waals surface area contributed by atoms with Gasteiger partial charge in [0.2, 0.25) is 5.91 Å². The van der Waals surface area contributed by atoms with Crippen molar-refractivity contribution >= 4 is 23.2 Å². The standard InChI is InChI=1S/C21H25N3O3/c1-27-15-21(11-13-22-14-12-21)20(26)24-18-9-7-16(8-10-18)19(25)23-17-5-3-2-4-6-17/h2-10,22H,11-15H2,1H3,(H,23,25)(H,24,26). The summed E-state index contributed by atoms with van der Waals surface area (Å²) >= 11 is 0. The van der Waals surface area contributed by atoms with E-state index in [2.05, 4.69) is 16.0 Å². The number of nitrogens with one attached hydrogen (secondary N) is 3. The number of hydrogen-bond donors (Lipinski definition) is 3. The number of piperidine rings is 1. The van der Waals surface area contributed by atoms with E-state index in [1.807, 2.05) is 30.3 Å². The van der Waals surface area contributed by atoms with Crippen LogP contribution in [0.2, 0.25) is 0 Å². The molecule has 0 aliphatic carbocycles. The summed E-state index contributed by atoms with van der Waals surface area (Å²) in [6, 6.07) is 16.2. The van der Waals surface area contributed by atoms with Crippen molar-refractivity contribution in [3.8, 4) is 0 Å². The molecule has 6 heteroatoms. The molecule has 0 spiro atoms. The van der Waals surface area contributed by atoms with Gasteiger partial charge in [0, 0.05) is 24.0 Å². The fourth-order valence-corrected chi connectivity index (χ4v) is 3.31. The van der Waals surface area contributed by atoms with Crippen LogP contribution in [0.25, 0.3) is 0 Å². The van der Waals surface area contributed by atoms with Gasteiger partial charge in [-0.2, -0.15) is 0 Å². The van der Waals surface area contributed by atoms with E-state index in [4.69, 9.17) is 4.74 Å². The molecule has 142 valence electrons. The molecular formula is C21H25N3O3. The molecule has 0 atom stereocenters. The van der Waals surface area contributed by atoms with Gasteiger partial charge in [-0.1, -0.05) is 18.2 Å². The van der Waals surface area contributed by atoms with Gasteiger partial charge in [0.1, 0.15) is 0 Å². The maximum atomic E-state index is 12.8. The minimum atomic E-state index is -0.511. The number of hydrogen-bond acceptors (Lipinski definition) is 4. The third kappa shape index (κ3) is 4.72. The summed E-state index contributed by atoms with van der Waals surface area (Å²) in [6.07, 6.45) is 1.48. The summed E-state index contributed by atoms with van der Waals surface area (Å²) in [5, 5.41) is 9.09. The normalized spacial score (nSPS) is 15.7. The molecule has 0 aromatic heterocycles. The Bertz CT molecular complexity index is 764. The van der Waals surface area contributed by atoms with Crippen molar-refractivity contribution in [2.45, 2.75) is 12.8 Å². The molecule has 1 fully saturated rings. The van der Waals surface area contributed by atoms with Crippen molar-refractivity contribution in [3.63, 3.8) is 0 Å². The minimum Gasteiger partial charge on any atom is -0.384 e. The largest absolute Gasteiger partial charge is 0.384 e. The van der Waals surface area contributed by atoms with Crippen LogP contribution < -0.4 is 16.0 Å². The van der Waals surface area contributed by atoms with Gasteiger partial charge >= 0.3 is 0 Å². The first-order valence-electron chi connectivity index (χ1n) is 9.10. The summed E-state index contributed by atoms with van der Waals surface area (Å²) < 4.78 is 5.31. The van der Waals surface area contributed by atoms with E-state index in [0.717, 1.165) is 31.6 Å². The molecule has 1 aliphatic heterocycles. The Morgan fingerprint density at radius 2 is 1.59 bits per heavy atom. The van der Waals surface area contributed by atoms with E-state index in [1.165, 1.54) is 0 Å². The first-order valence-corrected chi connectivity index (χ1v) is 9.10. The van der Waals surface area contributed by atoms with Crippen LogP contribution in [0.5, 0.6) is 0 Å². The van der Waals surface area contributed by atoms with Gasteiger partial charge in [-0.05, 0) is 62.3 Å². The summed E-state index contributed by atoms with van der Waals surface area (Å²) in [5.74, 6) is -0.222. The predicted octanol–water partition coefficient (Wildman–Crippen LogP) is 2.89. The van der Waals surface area contributed by atoms with Crippen molar-refractivity contribution in [1.29, 1.82) is 0 Å². The third-order valence-electron chi connectivity index (χ3n) is 4.90. The predicted molar refractivity (Wildman–Crippen MR) is 106 cm³/mol. The van der Waals surface area contributed by atoms with Crippen LogP contribution in [-0.4, -0.2) is 38.6 Å². The lowest BCUT2D eigenvalue weighted by atomic mass is 9.78. The molecule has 2 amide bonds. The van der Waals surface area contributed by atoms with E-state index >= 15 is 0 Å². The van der Waals surface area contributed by atoms with E-state index in [9.17, 15) is 9.59 Å². The van der Waals surface area contributed by atoms with Gasteiger partial charge in [-0.25, -0.2) is 0 Å². The van der Waals surface area contributed by atoms with Crippen LogP contribution in [-0.2, 0) is 9.53 Å². The number of para-hydroxylation sites is 1. The second-order valence-corrected chi connectivity index (χ2v) is 6.81. The fraction of sp³-hybridized carbons (Fsp3) is 0.333. The Balaban J connectivity index is 1.64. The first kappa shape index (κ1) is 19.1. The molecule has 1 heterocycles. The highest BCUT2D eigenvalue weighted by atomic mass is 16.5. The molecule has 6 nitrogen and oxygen atoms in total. The quantitative estimate of drug-likeness (QED) is 0.733. The molecule has 27 heavy (non-hydrogen) atoms. The number of carbonyl (C=O) groups is 2. The molecule has 1 aliphatic rings. The zero-order chi connectivity index (χ0) is 19.1. The maximum absolute atomic E-state index is 12.8. The average molecular weight is 367 g/mol. The highest BCUT2D eigenvalue weighted by Gasteiger charge is 2.39. The highest BCUT2D eigenvalue weighted by Crippen LogP contribution is 2.31. The maximum Gasteiger partial charge on any atom is 0.255 e. The van der Waals surface area contributed by atoms with Gasteiger partial charge in [-0.15, -0.1) is 0 Å². The third-order valence-corrected chi connectivity index (χ3v) is 4.90. The van der Waals surface area contributed by atoms with Crippen LogP contribution in [0, 0.1) is 5.41 Å². The zero-order valence-corrected chi connectivity index (χ0v) is 15.5. The van der Waals surface area contributed by atoms with Gasteiger partial charge in [0.15, 0.2) is 0 Å². The molecule has 0 bridgehead atoms. The smallest absolute Gasteiger partial charge is 0.255 e. The molecule has 0 saturated carbocycles. The number of amides is 2. The van der Waals surface area contributed by atoms with E-state index in [0.29, 0.717) is 17.9 Å². The average Bonchev–Trinajstić information content (AvgIpc) is 2.70. The van der Waals surface area contributed by atoms with Gasteiger partial charge in [0.05, 0.1) is 12.0 Å². The van der Waals surface area contributed by atoms with Crippen LogP contribution in [0.1, 0.15) is 23.2 Å². The van der Waals surface area contributed by atoms with E-state index in [-0.39, 0.29) is 11.8 Å². The summed E-state index contributed by atoms with van der Waals surface area (Å²) in [4.78, 5) is 25.2. The van der Waals surface area contributed by atoms with Crippen molar-refractivity contribution in [1.82, 2.24) is 5.32 Å². The molecule has 3 N–H and O–H groups in total. The molecule has 3 rings (SSSR count). The Labute approximate surface area is 159 Å². The summed E-state index contributed by atoms with van der Waals surface area (Å²) in [7, 11) is 1.62. The summed E-state index contributed by atoms with van der Waals surface area (Å²) in [6.45, 7) is 2.00. The second-order valence-electron chi connectivity index (χ2n) is 6.81. The van der Waals surface area contributed by atoms with Crippen LogP contribution in [0.15, 0.2) is 54.6 Å². The monoisotopic (exact) mass is 367 g/mol. The number of benzene rings is 2. The Kier molecular flexibility index (Phi) is 6.21. The van der Waals surface area contributed by atoms with Crippen molar-refractivity contribution in [3.05, 3.63) is 60.2 Å². The molecule has 2 aromatic rings. The SMILES string of the molecule is COCC1(C(=O)Nc2ccc(C(=O)Nc3ccccc3)cc2)CCNCC1. The Morgan fingerprint density at radius 3 is 2.22 bits per heavy atom. The lowest BCUT2D eigenvalue weighted by Crippen LogP contribution is -2.47. The molecule has 1 saturated heterocycles. The van der Waals surface area contributed by atoms with Gasteiger partial charge < -0.3 is 20.7 Å². The topological polar surface area (TPSA) is 79.5 Å². The van der Waals surface area contributed by atoms with Gasteiger partial charge in [-0.3, -0.25) is 9.59 Å². The molecule has 2 aromatic carbocycles. The van der Waals surface area contributed by atoms with Crippen LogP contribution in [0.4, 0.5) is 11.4 Å².